The lowest BCUT2D eigenvalue weighted by atomic mass is 9.69. The van der Waals surface area contributed by atoms with Crippen molar-refractivity contribution in [3.63, 3.8) is 0 Å². The number of carbonyl (C=O) groups excluding carboxylic acids is 4. The summed E-state index contributed by atoms with van der Waals surface area (Å²) >= 11 is 0. The Labute approximate surface area is 189 Å². The minimum Gasteiger partial charge on any atom is -0.508 e. The highest BCUT2D eigenvalue weighted by Crippen LogP contribution is 2.46. The van der Waals surface area contributed by atoms with Crippen molar-refractivity contribution in [3.8, 4) is 5.75 Å². The SMILES string of the molecule is Cc1ccc(C(c2ccc(O)cc2)c2ccc(N3C(=O)C4(C(=O)N(C)C4=O)C3=O)cc2)cc1. The second-order valence-electron chi connectivity index (χ2n) is 8.39. The topological polar surface area (TPSA) is 95.0 Å². The average Bonchev–Trinajstić information content (AvgIpc) is 2.82. The minimum absolute atomic E-state index is 0.141. The van der Waals surface area contributed by atoms with Gasteiger partial charge in [-0.1, -0.05) is 54.1 Å². The molecular formula is C26H20N2O5. The van der Waals surface area contributed by atoms with Gasteiger partial charge in [0.15, 0.2) is 0 Å². The van der Waals surface area contributed by atoms with Crippen LogP contribution in [-0.2, 0) is 19.2 Å². The molecule has 1 N–H and O–H groups in total. The first kappa shape index (κ1) is 20.6. The van der Waals surface area contributed by atoms with Gasteiger partial charge in [-0.2, -0.15) is 0 Å². The fourth-order valence-electron chi connectivity index (χ4n) is 4.52. The van der Waals surface area contributed by atoms with Gasteiger partial charge in [0, 0.05) is 13.0 Å². The number of rotatable bonds is 4. The van der Waals surface area contributed by atoms with Gasteiger partial charge in [-0.15, -0.1) is 0 Å². The molecule has 0 aliphatic carbocycles. The molecule has 3 aromatic carbocycles. The molecule has 0 radical (unpaired) electrons. The van der Waals surface area contributed by atoms with Crippen LogP contribution in [0.4, 0.5) is 5.69 Å². The van der Waals surface area contributed by atoms with Crippen molar-refractivity contribution >= 4 is 29.3 Å². The van der Waals surface area contributed by atoms with Crippen molar-refractivity contribution in [1.82, 2.24) is 4.90 Å². The average molecular weight is 440 g/mol. The first-order valence-corrected chi connectivity index (χ1v) is 10.4. The lowest BCUT2D eigenvalue weighted by Gasteiger charge is -2.51. The number of β-lactam (4-membered cyclic amide) rings is 4. The van der Waals surface area contributed by atoms with Gasteiger partial charge < -0.3 is 5.11 Å². The van der Waals surface area contributed by atoms with Crippen LogP contribution in [0.25, 0.3) is 0 Å². The molecule has 2 fully saturated rings. The Morgan fingerprint density at radius 3 is 1.58 bits per heavy atom. The number of carbonyl (C=O) groups is 4. The van der Waals surface area contributed by atoms with E-state index in [2.05, 4.69) is 0 Å². The number of hydrogen-bond donors (Lipinski definition) is 1. The van der Waals surface area contributed by atoms with Crippen molar-refractivity contribution in [3.05, 3.63) is 95.1 Å². The molecule has 7 nitrogen and oxygen atoms in total. The van der Waals surface area contributed by atoms with Gasteiger partial charge in [0.1, 0.15) is 5.75 Å². The van der Waals surface area contributed by atoms with Crippen molar-refractivity contribution in [2.24, 2.45) is 5.41 Å². The number of nitrogens with zero attached hydrogens (tertiary/aromatic N) is 2. The highest BCUT2D eigenvalue weighted by Gasteiger charge is 2.79. The molecule has 2 aliphatic rings. The van der Waals surface area contributed by atoms with Crippen LogP contribution in [0.5, 0.6) is 5.75 Å². The molecule has 33 heavy (non-hydrogen) atoms. The van der Waals surface area contributed by atoms with Gasteiger partial charge in [0.2, 0.25) is 0 Å². The Balaban J connectivity index is 1.48. The molecule has 164 valence electrons. The van der Waals surface area contributed by atoms with E-state index in [1.807, 2.05) is 55.5 Å². The van der Waals surface area contributed by atoms with E-state index >= 15 is 0 Å². The van der Waals surface area contributed by atoms with Gasteiger partial charge in [-0.05, 0) is 47.9 Å². The maximum atomic E-state index is 12.7. The number of amides is 4. The minimum atomic E-state index is -2.18. The van der Waals surface area contributed by atoms with Crippen LogP contribution in [0.3, 0.4) is 0 Å². The molecular weight excluding hydrogens is 420 g/mol. The maximum absolute atomic E-state index is 12.7. The van der Waals surface area contributed by atoms with E-state index < -0.39 is 29.0 Å². The van der Waals surface area contributed by atoms with Crippen molar-refractivity contribution < 1.29 is 24.3 Å². The molecule has 0 aromatic heterocycles. The highest BCUT2D eigenvalue weighted by atomic mass is 16.3. The number of phenols is 1. The molecule has 3 aromatic rings. The third-order valence-electron chi connectivity index (χ3n) is 6.42. The molecule has 1 atom stereocenters. The molecule has 2 heterocycles. The number of imide groups is 2. The zero-order valence-corrected chi connectivity index (χ0v) is 18.0. The fourth-order valence-corrected chi connectivity index (χ4v) is 4.52. The van der Waals surface area contributed by atoms with Crippen molar-refractivity contribution in [2.75, 3.05) is 11.9 Å². The number of likely N-dealkylation sites (tertiary alicyclic amines) is 1. The first-order valence-electron chi connectivity index (χ1n) is 10.4. The molecule has 1 unspecified atom stereocenters. The third-order valence-corrected chi connectivity index (χ3v) is 6.42. The predicted octanol–water partition coefficient (Wildman–Crippen LogP) is 2.74. The van der Waals surface area contributed by atoms with Gasteiger partial charge in [0.25, 0.3) is 29.0 Å². The van der Waals surface area contributed by atoms with Crippen molar-refractivity contribution in [1.29, 1.82) is 0 Å². The molecule has 1 spiro atoms. The molecule has 0 saturated carbocycles. The molecule has 4 amide bonds. The van der Waals surface area contributed by atoms with Crippen LogP contribution in [-0.4, -0.2) is 40.7 Å². The van der Waals surface area contributed by atoms with Crippen LogP contribution in [0, 0.1) is 12.3 Å². The second kappa shape index (κ2) is 7.13. The number of benzene rings is 3. The number of aromatic hydroxyl groups is 1. The van der Waals surface area contributed by atoms with E-state index in [1.165, 1.54) is 7.05 Å². The summed E-state index contributed by atoms with van der Waals surface area (Å²) in [5.74, 6) is -3.13. The summed E-state index contributed by atoms with van der Waals surface area (Å²) in [7, 11) is 1.25. The predicted molar refractivity (Wildman–Crippen MR) is 119 cm³/mol. The largest absolute Gasteiger partial charge is 0.508 e. The van der Waals surface area contributed by atoms with Crippen LogP contribution >= 0.6 is 0 Å². The summed E-state index contributed by atoms with van der Waals surface area (Å²) < 4.78 is 0. The lowest BCUT2D eigenvalue weighted by Crippen LogP contribution is -2.83. The third kappa shape index (κ3) is 2.75. The van der Waals surface area contributed by atoms with Crippen LogP contribution < -0.4 is 4.90 Å². The Kier molecular flexibility index (Phi) is 4.46. The number of anilines is 1. The molecule has 2 saturated heterocycles. The molecule has 0 bridgehead atoms. The number of phenolic OH excluding ortho intramolecular Hbond substituents is 1. The van der Waals surface area contributed by atoms with E-state index in [4.69, 9.17) is 0 Å². The standard InChI is InChI=1S/C26H20N2O5/c1-15-3-5-16(6-4-15)21(18-9-13-20(29)14-10-18)17-7-11-19(12-8-17)28-24(32)26(25(28)33)22(30)27(2)23(26)31/h3-14,21,29H,1-2H3. The summed E-state index contributed by atoms with van der Waals surface area (Å²) in [5.41, 5.74) is 2.19. The van der Waals surface area contributed by atoms with E-state index in [0.29, 0.717) is 5.69 Å². The maximum Gasteiger partial charge on any atom is 0.285 e. The van der Waals surface area contributed by atoms with E-state index in [0.717, 1.165) is 32.1 Å². The second-order valence-corrected chi connectivity index (χ2v) is 8.39. The van der Waals surface area contributed by atoms with Crippen LogP contribution in [0.1, 0.15) is 28.2 Å². The summed E-state index contributed by atoms with van der Waals surface area (Å²) in [6, 6.07) is 22.0. The van der Waals surface area contributed by atoms with Crippen LogP contribution in [0.15, 0.2) is 72.8 Å². The van der Waals surface area contributed by atoms with Crippen LogP contribution in [0.2, 0.25) is 0 Å². The Hall–Kier alpha value is -4.26. The number of aryl methyl sites for hydroxylation is 1. The zero-order chi connectivity index (χ0) is 23.5. The van der Waals surface area contributed by atoms with E-state index in [-0.39, 0.29) is 11.7 Å². The Bertz CT molecular complexity index is 1230. The van der Waals surface area contributed by atoms with E-state index in [1.54, 1.807) is 24.3 Å². The summed E-state index contributed by atoms with van der Waals surface area (Å²) in [5, 5.41) is 9.70. The lowest BCUT2D eigenvalue weighted by molar-refractivity contribution is -0.184. The highest BCUT2D eigenvalue weighted by molar-refractivity contribution is 6.59. The smallest absolute Gasteiger partial charge is 0.285 e. The van der Waals surface area contributed by atoms with Gasteiger partial charge in [-0.3, -0.25) is 24.1 Å². The number of hydrogen-bond acceptors (Lipinski definition) is 5. The summed E-state index contributed by atoms with van der Waals surface area (Å²) in [6.07, 6.45) is 0. The molecule has 2 aliphatic heterocycles. The normalized spacial score (nSPS) is 17.8. The Morgan fingerprint density at radius 2 is 1.09 bits per heavy atom. The monoisotopic (exact) mass is 440 g/mol. The first-order chi connectivity index (χ1) is 15.8. The Morgan fingerprint density at radius 1 is 0.667 bits per heavy atom. The summed E-state index contributed by atoms with van der Waals surface area (Å²) in [4.78, 5) is 51.2. The molecule has 7 heteroatoms. The summed E-state index contributed by atoms with van der Waals surface area (Å²) in [6.45, 7) is 2.01. The fraction of sp³-hybridized carbons (Fsp3) is 0.154. The van der Waals surface area contributed by atoms with Gasteiger partial charge in [0.05, 0.1) is 5.69 Å². The van der Waals surface area contributed by atoms with Gasteiger partial charge >= 0.3 is 0 Å². The van der Waals surface area contributed by atoms with Gasteiger partial charge in [-0.25, -0.2) is 4.90 Å². The van der Waals surface area contributed by atoms with Crippen molar-refractivity contribution in [2.45, 2.75) is 12.8 Å². The quantitative estimate of drug-likeness (QED) is 0.382. The molecule has 5 rings (SSSR count). The zero-order valence-electron chi connectivity index (χ0n) is 18.0. The van der Waals surface area contributed by atoms with E-state index in [9.17, 15) is 24.3 Å².